The lowest BCUT2D eigenvalue weighted by molar-refractivity contribution is -0.386. The number of nitro groups is 1. The zero-order valence-corrected chi connectivity index (χ0v) is 23.9. The Kier molecular flexibility index (Phi) is 10.2. The first kappa shape index (κ1) is 35.5. The number of halogens is 8. The van der Waals surface area contributed by atoms with Gasteiger partial charge in [0.1, 0.15) is 46.8 Å². The highest BCUT2D eigenvalue weighted by molar-refractivity contribution is 5.97. The number of hydrogen-bond acceptors (Lipinski definition) is 8. The van der Waals surface area contributed by atoms with Crippen molar-refractivity contribution in [3.63, 3.8) is 0 Å². The van der Waals surface area contributed by atoms with Gasteiger partial charge in [-0.25, -0.2) is 9.37 Å². The molecule has 1 heterocycles. The van der Waals surface area contributed by atoms with Gasteiger partial charge in [0.05, 0.1) is 10.4 Å². The largest absolute Gasteiger partial charge is 0.471 e. The Hall–Kier alpha value is -6.40. The number of H-pyrrole nitrogens is 1. The van der Waals surface area contributed by atoms with Gasteiger partial charge in [-0.05, 0) is 48.5 Å². The summed E-state index contributed by atoms with van der Waals surface area (Å²) < 4.78 is 113. The van der Waals surface area contributed by atoms with Crippen LogP contribution in [0.5, 0.6) is 23.0 Å². The Balaban J connectivity index is 0.000000222. The Bertz CT molecular complexity index is 2030. The van der Waals surface area contributed by atoms with Crippen LogP contribution >= 0.6 is 0 Å². The Morgan fingerprint density at radius 3 is 1.71 bits per heavy atom. The van der Waals surface area contributed by atoms with Crippen molar-refractivity contribution in [2.75, 3.05) is 5.32 Å². The van der Waals surface area contributed by atoms with Gasteiger partial charge in [-0.1, -0.05) is 0 Å². The summed E-state index contributed by atoms with van der Waals surface area (Å²) in [5.74, 6) is -6.23. The topological polar surface area (TPSA) is 154 Å². The van der Waals surface area contributed by atoms with Gasteiger partial charge in [0.25, 0.3) is 0 Å². The van der Waals surface area contributed by atoms with E-state index in [9.17, 15) is 59.6 Å². The Morgan fingerprint density at radius 1 is 0.776 bits per heavy atom. The van der Waals surface area contributed by atoms with Crippen LogP contribution in [0.25, 0.3) is 11.0 Å². The van der Waals surface area contributed by atoms with Crippen LogP contribution in [0.1, 0.15) is 26.5 Å². The molecule has 0 bridgehead atoms. The first-order chi connectivity index (χ1) is 23.0. The molecule has 0 aliphatic heterocycles. The fourth-order valence-electron chi connectivity index (χ4n) is 3.85. The molecule has 0 spiro atoms. The predicted molar refractivity (Wildman–Crippen MR) is 153 cm³/mol. The molecule has 0 fully saturated rings. The van der Waals surface area contributed by atoms with E-state index in [-0.39, 0.29) is 17.0 Å². The number of rotatable bonds is 8. The highest BCUT2D eigenvalue weighted by atomic mass is 19.4. The van der Waals surface area contributed by atoms with E-state index < -0.39 is 63.3 Å². The summed E-state index contributed by atoms with van der Waals surface area (Å²) in [6.07, 6.45) is -8.82. The predicted octanol–water partition coefficient (Wildman–Crippen LogP) is 8.17. The minimum absolute atomic E-state index is 0.00577. The Morgan fingerprint density at radius 2 is 1.27 bits per heavy atom. The maximum atomic E-state index is 13.9. The molecule has 1 amide bonds. The first-order valence-corrected chi connectivity index (χ1v) is 13.1. The molecule has 2 N–H and O–H groups in total. The van der Waals surface area contributed by atoms with Gasteiger partial charge >= 0.3 is 23.9 Å². The highest BCUT2D eigenvalue weighted by Crippen LogP contribution is 2.36. The van der Waals surface area contributed by atoms with Gasteiger partial charge < -0.3 is 19.8 Å². The molecular formula is C30H16F8N4O7. The summed E-state index contributed by atoms with van der Waals surface area (Å²) in [6.45, 7) is 0. The van der Waals surface area contributed by atoms with Crippen LogP contribution < -0.4 is 14.8 Å². The van der Waals surface area contributed by atoms with Crippen molar-refractivity contribution in [3.8, 4) is 23.0 Å². The molecule has 11 nitrogen and oxygen atoms in total. The van der Waals surface area contributed by atoms with E-state index >= 15 is 0 Å². The van der Waals surface area contributed by atoms with Gasteiger partial charge in [0.2, 0.25) is 11.6 Å². The Labute approximate surface area is 267 Å². The van der Waals surface area contributed by atoms with Crippen LogP contribution in [-0.4, -0.2) is 39.5 Å². The van der Waals surface area contributed by atoms with E-state index in [1.54, 1.807) is 0 Å². The molecule has 0 aliphatic rings. The number of carbonyl (C=O) groups is 3. The quantitative estimate of drug-likeness (QED) is 0.0713. The minimum Gasteiger partial charge on any atom is -0.457 e. The number of nitrogens with one attached hydrogen (secondary N) is 2. The summed E-state index contributed by atoms with van der Waals surface area (Å²) in [5, 5.41) is 12.1. The molecular weight excluding hydrogens is 680 g/mol. The summed E-state index contributed by atoms with van der Waals surface area (Å²) in [4.78, 5) is 46.9. The third-order valence-corrected chi connectivity index (χ3v) is 6.01. The number of anilines is 1. The lowest BCUT2D eigenvalue weighted by Crippen LogP contribution is -2.30. The van der Waals surface area contributed by atoms with Gasteiger partial charge in [0, 0.05) is 35.4 Å². The SMILES string of the molecule is O=Cc1ccc(Oc2cc(F)c([N+](=O)[O-])c(NC(=O)C(F)(F)F)c2)cc1.O=Cc1ccc(Oc2cc(F)c3nc(C(F)(F)F)[nH]c3c2)cc1. The monoisotopic (exact) mass is 696 g/mol. The number of aromatic nitrogens is 2. The molecule has 0 saturated heterocycles. The fraction of sp³-hybridized carbons (Fsp3) is 0.0667. The normalized spacial score (nSPS) is 11.3. The molecule has 0 saturated carbocycles. The number of fused-ring (bicyclic) bond motifs is 1. The molecule has 1 aromatic heterocycles. The van der Waals surface area contributed by atoms with E-state index in [1.807, 2.05) is 4.98 Å². The van der Waals surface area contributed by atoms with Crippen molar-refractivity contribution >= 4 is 40.9 Å². The lowest BCUT2D eigenvalue weighted by atomic mass is 10.2. The number of nitro benzene ring substituents is 1. The van der Waals surface area contributed by atoms with E-state index in [2.05, 4.69) is 4.98 Å². The number of nitrogens with zero attached hydrogens (tertiary/aromatic N) is 2. The molecule has 0 atom stereocenters. The number of aldehydes is 2. The second-order valence-electron chi connectivity index (χ2n) is 9.47. The molecule has 0 aliphatic carbocycles. The van der Waals surface area contributed by atoms with Crippen LogP contribution in [0.15, 0.2) is 72.8 Å². The first-order valence-electron chi connectivity index (χ1n) is 13.1. The summed E-state index contributed by atoms with van der Waals surface area (Å²) >= 11 is 0. The molecule has 5 aromatic rings. The molecule has 0 radical (unpaired) electrons. The number of amides is 1. The van der Waals surface area contributed by atoms with Crippen LogP contribution in [0.4, 0.5) is 46.5 Å². The van der Waals surface area contributed by atoms with E-state index in [0.717, 1.165) is 6.07 Å². The van der Waals surface area contributed by atoms with Crippen molar-refractivity contribution in [2.45, 2.75) is 12.4 Å². The summed E-state index contributed by atoms with van der Waals surface area (Å²) in [5.41, 5.74) is -2.16. The average molecular weight is 696 g/mol. The maximum absolute atomic E-state index is 13.9. The molecule has 49 heavy (non-hydrogen) atoms. The summed E-state index contributed by atoms with van der Waals surface area (Å²) in [7, 11) is 0. The van der Waals surface area contributed by atoms with Crippen molar-refractivity contribution < 1.29 is 63.9 Å². The van der Waals surface area contributed by atoms with Crippen molar-refractivity contribution in [2.24, 2.45) is 0 Å². The molecule has 19 heteroatoms. The second kappa shape index (κ2) is 14.2. The van der Waals surface area contributed by atoms with Gasteiger partial charge in [0.15, 0.2) is 5.82 Å². The highest BCUT2D eigenvalue weighted by Gasteiger charge is 2.40. The van der Waals surface area contributed by atoms with Crippen LogP contribution in [0, 0.1) is 21.7 Å². The van der Waals surface area contributed by atoms with Crippen LogP contribution in [-0.2, 0) is 11.0 Å². The number of carbonyl (C=O) groups excluding carboxylic acids is 3. The number of aromatic amines is 1. The smallest absolute Gasteiger partial charge is 0.457 e. The summed E-state index contributed by atoms with van der Waals surface area (Å²) in [6, 6.07) is 14.7. The van der Waals surface area contributed by atoms with Crippen LogP contribution in [0.2, 0.25) is 0 Å². The number of alkyl halides is 6. The zero-order valence-electron chi connectivity index (χ0n) is 23.9. The van der Waals surface area contributed by atoms with Crippen molar-refractivity contribution in [3.05, 3.63) is 111 Å². The zero-order chi connectivity index (χ0) is 36.1. The number of imidazole rings is 1. The van der Waals surface area contributed by atoms with Crippen molar-refractivity contribution in [1.29, 1.82) is 0 Å². The third-order valence-electron chi connectivity index (χ3n) is 6.01. The molecule has 0 unspecified atom stereocenters. The van der Waals surface area contributed by atoms with E-state index in [0.29, 0.717) is 41.6 Å². The van der Waals surface area contributed by atoms with Gasteiger partial charge in [-0.2, -0.15) is 30.7 Å². The molecule has 4 aromatic carbocycles. The fourth-order valence-corrected chi connectivity index (χ4v) is 3.85. The number of benzene rings is 4. The molecule has 5 rings (SSSR count). The van der Waals surface area contributed by atoms with Gasteiger partial charge in [-0.3, -0.25) is 24.5 Å². The van der Waals surface area contributed by atoms with Crippen molar-refractivity contribution in [1.82, 2.24) is 9.97 Å². The minimum atomic E-state index is -5.33. The number of hydrogen-bond donors (Lipinski definition) is 2. The maximum Gasteiger partial charge on any atom is 0.471 e. The third kappa shape index (κ3) is 8.90. The molecule has 254 valence electrons. The number of ether oxygens (including phenoxy) is 2. The average Bonchev–Trinajstić information content (AvgIpc) is 3.47. The van der Waals surface area contributed by atoms with E-state index in [4.69, 9.17) is 9.47 Å². The second-order valence-corrected chi connectivity index (χ2v) is 9.47. The van der Waals surface area contributed by atoms with E-state index in [1.165, 1.54) is 59.9 Å². The standard InChI is InChI=1S/C15H8F4N2O5.C15H8F4N2O2/c16-11-5-10(26-9-3-1-8(7-22)2-4-9)6-12(13(11)21(24)25)20-14(23)15(17,18)19;16-11-5-10(23-9-3-1-8(7-22)2-4-9)6-12-13(11)21-14(20-12)15(17,18)19/h1-7H,(H,20,23);1-7H,(H,20,21). The van der Waals surface area contributed by atoms with Crippen LogP contribution in [0.3, 0.4) is 0 Å². The van der Waals surface area contributed by atoms with Gasteiger partial charge in [-0.15, -0.1) is 0 Å². The lowest BCUT2D eigenvalue weighted by Gasteiger charge is -2.11.